The SMILES string of the molecule is O=C(O)NOC(=O)/C=C/C(=O)OCCCc1ccccc1. The number of carbonyl (C=O) groups excluding carboxylic acids is 2. The molecule has 0 saturated heterocycles. The average Bonchev–Trinajstić information content (AvgIpc) is 2.48. The number of carboxylic acid groups (broad SMARTS) is 1. The molecule has 0 radical (unpaired) electrons. The number of hydroxylamine groups is 1. The number of nitrogens with one attached hydrogen (secondary N) is 1. The predicted molar refractivity (Wildman–Crippen MR) is 72.1 cm³/mol. The number of esters is 1. The van der Waals surface area contributed by atoms with Gasteiger partial charge in [-0.1, -0.05) is 30.3 Å². The molecule has 1 aromatic carbocycles. The highest BCUT2D eigenvalue weighted by atomic mass is 16.7. The molecule has 0 unspecified atom stereocenters. The predicted octanol–water partition coefficient (Wildman–Crippen LogP) is 1.44. The van der Waals surface area contributed by atoms with Crippen LogP contribution >= 0.6 is 0 Å². The molecular formula is C14H15NO6. The van der Waals surface area contributed by atoms with Gasteiger partial charge >= 0.3 is 18.0 Å². The lowest BCUT2D eigenvalue weighted by Crippen LogP contribution is -2.24. The van der Waals surface area contributed by atoms with Gasteiger partial charge in [-0.3, -0.25) is 0 Å². The quantitative estimate of drug-likeness (QED) is 0.356. The largest absolute Gasteiger partial charge is 0.463 e. The highest BCUT2D eigenvalue weighted by Gasteiger charge is 2.03. The number of hydrogen-bond acceptors (Lipinski definition) is 5. The Bertz CT molecular complexity index is 511. The lowest BCUT2D eigenvalue weighted by molar-refractivity contribution is -0.144. The van der Waals surface area contributed by atoms with Crippen molar-refractivity contribution in [2.75, 3.05) is 6.61 Å². The lowest BCUT2D eigenvalue weighted by Gasteiger charge is -2.02. The molecule has 2 N–H and O–H groups in total. The maximum atomic E-state index is 11.2. The van der Waals surface area contributed by atoms with Gasteiger partial charge in [0, 0.05) is 12.2 Å². The first-order valence-corrected chi connectivity index (χ1v) is 6.16. The van der Waals surface area contributed by atoms with Gasteiger partial charge in [-0.15, -0.1) is 5.48 Å². The molecule has 0 aromatic heterocycles. The van der Waals surface area contributed by atoms with E-state index >= 15 is 0 Å². The molecule has 0 heterocycles. The molecule has 7 heteroatoms. The number of aryl methyl sites for hydroxylation is 1. The Hall–Kier alpha value is -2.83. The van der Waals surface area contributed by atoms with Crippen molar-refractivity contribution in [1.29, 1.82) is 0 Å². The first kappa shape index (κ1) is 16.2. The summed E-state index contributed by atoms with van der Waals surface area (Å²) in [6.07, 6.45) is 1.57. The fourth-order valence-corrected chi connectivity index (χ4v) is 1.41. The highest BCUT2D eigenvalue weighted by molar-refractivity contribution is 5.91. The molecule has 1 rings (SSSR count). The molecule has 1 amide bonds. The van der Waals surface area contributed by atoms with Gasteiger partial charge in [0.2, 0.25) is 0 Å². The van der Waals surface area contributed by atoms with Crippen molar-refractivity contribution < 1.29 is 29.1 Å². The topological polar surface area (TPSA) is 102 Å². The van der Waals surface area contributed by atoms with Gasteiger partial charge in [-0.2, -0.15) is 0 Å². The van der Waals surface area contributed by atoms with Crippen LogP contribution in [0.3, 0.4) is 0 Å². The van der Waals surface area contributed by atoms with Gasteiger partial charge in [0.25, 0.3) is 0 Å². The third-order valence-corrected chi connectivity index (χ3v) is 2.29. The molecule has 0 saturated carbocycles. The van der Waals surface area contributed by atoms with E-state index in [2.05, 4.69) is 4.84 Å². The minimum Gasteiger partial charge on any atom is -0.463 e. The standard InChI is InChI=1S/C14H15NO6/c16-12(8-9-13(17)21-15-14(18)19)20-10-4-7-11-5-2-1-3-6-11/h1-3,5-6,8-9,15H,4,7,10H2,(H,18,19)/b9-8+. The van der Waals surface area contributed by atoms with Crippen molar-refractivity contribution in [2.24, 2.45) is 0 Å². The van der Waals surface area contributed by atoms with Crippen LogP contribution in [0.2, 0.25) is 0 Å². The molecular weight excluding hydrogens is 278 g/mol. The van der Waals surface area contributed by atoms with E-state index in [-0.39, 0.29) is 6.61 Å². The van der Waals surface area contributed by atoms with Crippen molar-refractivity contribution in [1.82, 2.24) is 5.48 Å². The van der Waals surface area contributed by atoms with Crippen molar-refractivity contribution in [3.8, 4) is 0 Å². The normalized spacial score (nSPS) is 10.1. The van der Waals surface area contributed by atoms with Crippen LogP contribution in [0.4, 0.5) is 4.79 Å². The van der Waals surface area contributed by atoms with Crippen molar-refractivity contribution >= 4 is 18.0 Å². The van der Waals surface area contributed by atoms with Gasteiger partial charge < -0.3 is 14.7 Å². The Morgan fingerprint density at radius 1 is 1.10 bits per heavy atom. The molecule has 0 bridgehead atoms. The van der Waals surface area contributed by atoms with E-state index in [0.717, 1.165) is 24.1 Å². The van der Waals surface area contributed by atoms with Crippen LogP contribution in [0.5, 0.6) is 0 Å². The zero-order chi connectivity index (χ0) is 15.5. The molecule has 0 spiro atoms. The Kier molecular flexibility index (Phi) is 7.06. The monoisotopic (exact) mass is 293 g/mol. The Balaban J connectivity index is 2.16. The van der Waals surface area contributed by atoms with Gasteiger partial charge in [-0.25, -0.2) is 14.4 Å². The van der Waals surface area contributed by atoms with Gasteiger partial charge in [-0.05, 0) is 18.4 Å². The number of carbonyl (C=O) groups is 3. The fourth-order valence-electron chi connectivity index (χ4n) is 1.41. The van der Waals surface area contributed by atoms with Crippen LogP contribution in [0.15, 0.2) is 42.5 Å². The zero-order valence-electron chi connectivity index (χ0n) is 11.2. The number of rotatable bonds is 6. The van der Waals surface area contributed by atoms with Crippen molar-refractivity contribution in [3.05, 3.63) is 48.0 Å². The number of ether oxygens (including phenoxy) is 1. The van der Waals surface area contributed by atoms with Crippen molar-refractivity contribution in [3.63, 3.8) is 0 Å². The molecule has 21 heavy (non-hydrogen) atoms. The van der Waals surface area contributed by atoms with E-state index in [9.17, 15) is 14.4 Å². The minimum atomic E-state index is -1.51. The summed E-state index contributed by atoms with van der Waals surface area (Å²) in [4.78, 5) is 36.3. The first-order chi connectivity index (χ1) is 10.1. The van der Waals surface area contributed by atoms with E-state index in [1.54, 1.807) is 0 Å². The van der Waals surface area contributed by atoms with Crippen LogP contribution in [-0.2, 0) is 25.6 Å². The second-order valence-corrected chi connectivity index (χ2v) is 3.92. The molecule has 1 aromatic rings. The van der Waals surface area contributed by atoms with E-state index in [1.807, 2.05) is 30.3 Å². The molecule has 112 valence electrons. The smallest absolute Gasteiger partial charge is 0.438 e. The molecule has 0 fully saturated rings. The second kappa shape index (κ2) is 9.13. The number of benzene rings is 1. The first-order valence-electron chi connectivity index (χ1n) is 6.16. The lowest BCUT2D eigenvalue weighted by atomic mass is 10.1. The van der Waals surface area contributed by atoms with Crippen LogP contribution < -0.4 is 5.48 Å². The Morgan fingerprint density at radius 2 is 1.76 bits per heavy atom. The van der Waals surface area contributed by atoms with Crippen molar-refractivity contribution in [2.45, 2.75) is 12.8 Å². The zero-order valence-corrected chi connectivity index (χ0v) is 11.2. The minimum absolute atomic E-state index is 0.223. The molecule has 0 aliphatic carbocycles. The summed E-state index contributed by atoms with van der Waals surface area (Å²) in [5.74, 6) is -1.71. The fraction of sp³-hybridized carbons (Fsp3) is 0.214. The van der Waals surface area contributed by atoms with E-state index in [4.69, 9.17) is 9.84 Å². The van der Waals surface area contributed by atoms with Gasteiger partial charge in [0.05, 0.1) is 6.61 Å². The van der Waals surface area contributed by atoms with E-state index in [1.165, 1.54) is 5.48 Å². The van der Waals surface area contributed by atoms with E-state index in [0.29, 0.717) is 6.42 Å². The molecule has 0 aliphatic heterocycles. The summed E-state index contributed by atoms with van der Waals surface area (Å²) in [6, 6.07) is 9.74. The van der Waals surface area contributed by atoms with Crippen LogP contribution in [0, 0.1) is 0 Å². The molecule has 0 atom stereocenters. The Morgan fingerprint density at radius 3 is 2.43 bits per heavy atom. The number of amides is 1. The van der Waals surface area contributed by atoms with Gasteiger partial charge in [0.15, 0.2) is 0 Å². The highest BCUT2D eigenvalue weighted by Crippen LogP contribution is 2.02. The van der Waals surface area contributed by atoms with Gasteiger partial charge in [0.1, 0.15) is 0 Å². The average molecular weight is 293 g/mol. The summed E-state index contributed by atoms with van der Waals surface area (Å²) < 4.78 is 4.87. The third kappa shape index (κ3) is 8.04. The third-order valence-electron chi connectivity index (χ3n) is 2.29. The maximum absolute atomic E-state index is 11.2. The number of hydrogen-bond donors (Lipinski definition) is 2. The molecule has 0 aliphatic rings. The van der Waals surface area contributed by atoms with E-state index < -0.39 is 18.0 Å². The second-order valence-electron chi connectivity index (χ2n) is 3.92. The summed E-state index contributed by atoms with van der Waals surface area (Å²) in [7, 11) is 0. The summed E-state index contributed by atoms with van der Waals surface area (Å²) in [5.41, 5.74) is 2.55. The maximum Gasteiger partial charge on any atom is 0.438 e. The molecule has 7 nitrogen and oxygen atoms in total. The van der Waals surface area contributed by atoms with Crippen LogP contribution in [0.25, 0.3) is 0 Å². The van der Waals surface area contributed by atoms with Crippen LogP contribution in [0.1, 0.15) is 12.0 Å². The van der Waals surface area contributed by atoms with Crippen LogP contribution in [-0.4, -0.2) is 29.7 Å². The summed E-state index contributed by atoms with van der Waals surface area (Å²) >= 11 is 0. The Labute approximate surface area is 121 Å². The summed E-state index contributed by atoms with van der Waals surface area (Å²) in [6.45, 7) is 0.223. The summed E-state index contributed by atoms with van der Waals surface area (Å²) in [5, 5.41) is 8.17.